The highest BCUT2D eigenvalue weighted by Gasteiger charge is 2.22. The molecule has 0 bridgehead atoms. The average molecular weight is 459 g/mol. The van der Waals surface area contributed by atoms with Crippen molar-refractivity contribution in [2.45, 2.75) is 63.5 Å². The fraction of sp³-hybridized carbons (Fsp3) is 0.583. The first-order valence-corrected chi connectivity index (χ1v) is 11.7. The van der Waals surface area contributed by atoms with Crippen molar-refractivity contribution in [3.8, 4) is 23.5 Å². The van der Waals surface area contributed by atoms with Crippen LogP contribution in [0.1, 0.15) is 51.4 Å². The van der Waals surface area contributed by atoms with E-state index in [1.165, 1.54) is 32.1 Å². The molecule has 1 saturated carbocycles. The van der Waals surface area contributed by atoms with E-state index in [0.717, 1.165) is 51.6 Å². The zero-order chi connectivity index (χ0) is 23.2. The maximum absolute atomic E-state index is 14.2. The van der Waals surface area contributed by atoms with Crippen LogP contribution in [0.15, 0.2) is 18.2 Å². The van der Waals surface area contributed by atoms with Crippen molar-refractivity contribution in [1.82, 2.24) is 19.9 Å². The Morgan fingerprint density at radius 2 is 1.70 bits per heavy atom. The second-order valence-electron chi connectivity index (χ2n) is 8.83. The largest absolute Gasteiger partial charge is 0.494 e. The Balaban J connectivity index is 1.58. The topological polar surface area (TPSA) is 72.8 Å². The summed E-state index contributed by atoms with van der Waals surface area (Å²) in [5.74, 6) is 0.277. The molecule has 2 heterocycles. The van der Waals surface area contributed by atoms with E-state index in [1.807, 2.05) is 4.90 Å². The Bertz CT molecular complexity index is 915. The summed E-state index contributed by atoms with van der Waals surface area (Å²) in [5, 5.41) is 0. The first kappa shape index (κ1) is 23.5. The number of rotatable bonds is 7. The van der Waals surface area contributed by atoms with Gasteiger partial charge in [-0.2, -0.15) is 9.97 Å². The third kappa shape index (κ3) is 6.22. The summed E-state index contributed by atoms with van der Waals surface area (Å²) in [5.41, 5.74) is 0. The van der Waals surface area contributed by atoms with Crippen LogP contribution in [-0.2, 0) is 0 Å². The lowest BCUT2D eigenvalue weighted by Gasteiger charge is -2.40. The molecular weight excluding hydrogens is 425 g/mol. The van der Waals surface area contributed by atoms with E-state index in [4.69, 9.17) is 14.2 Å². The van der Waals surface area contributed by atoms with Gasteiger partial charge >= 0.3 is 12.0 Å². The van der Waals surface area contributed by atoms with Gasteiger partial charge in [-0.1, -0.05) is 12.8 Å². The minimum Gasteiger partial charge on any atom is -0.494 e. The summed E-state index contributed by atoms with van der Waals surface area (Å²) in [6.45, 7) is 1.98. The van der Waals surface area contributed by atoms with Gasteiger partial charge in [-0.25, -0.2) is 4.39 Å². The molecule has 33 heavy (non-hydrogen) atoms. The highest BCUT2D eigenvalue weighted by molar-refractivity contribution is 5.37. The first-order chi connectivity index (χ1) is 16.0. The summed E-state index contributed by atoms with van der Waals surface area (Å²) < 4.78 is 31.1. The second kappa shape index (κ2) is 11.0. The molecule has 180 valence electrons. The summed E-state index contributed by atoms with van der Waals surface area (Å²) in [4.78, 5) is 17.6. The average Bonchev–Trinajstić information content (AvgIpc) is 3.08. The predicted molar refractivity (Wildman–Crippen MR) is 123 cm³/mol. The standard InChI is InChI=1S/C24H33FN5O3/c1-29-14-12-17(13-15-29)30(2)22-26-23(32-18-8-6-4-5-7-9-18)28-24(27-22)33-19-10-11-21(31-3)20(25)16-19/h10-11,16-18H,2,4-9,12-15H2,1,3H3/q-1. The Labute approximate surface area is 195 Å². The fourth-order valence-corrected chi connectivity index (χ4v) is 4.35. The van der Waals surface area contributed by atoms with Gasteiger partial charge in [0.15, 0.2) is 11.6 Å². The Morgan fingerprint density at radius 1 is 1.00 bits per heavy atom. The molecule has 1 aliphatic carbocycles. The quantitative estimate of drug-likeness (QED) is 0.440. The first-order valence-electron chi connectivity index (χ1n) is 11.7. The molecule has 1 aliphatic heterocycles. The van der Waals surface area contributed by atoms with Crippen LogP contribution < -0.4 is 19.1 Å². The molecule has 8 nitrogen and oxygen atoms in total. The number of ether oxygens (including phenoxy) is 3. The van der Waals surface area contributed by atoms with Crippen molar-refractivity contribution in [2.75, 3.05) is 32.1 Å². The lowest BCUT2D eigenvalue weighted by molar-refractivity contribution is 0.165. The summed E-state index contributed by atoms with van der Waals surface area (Å²) >= 11 is 0. The number of likely N-dealkylation sites (tertiary alicyclic amines) is 1. The van der Waals surface area contributed by atoms with Gasteiger partial charge in [0.25, 0.3) is 0 Å². The monoisotopic (exact) mass is 458 g/mol. The number of aromatic nitrogens is 3. The Kier molecular flexibility index (Phi) is 7.80. The lowest BCUT2D eigenvalue weighted by atomic mass is 10.0. The van der Waals surface area contributed by atoms with Gasteiger partial charge < -0.3 is 24.0 Å². The highest BCUT2D eigenvalue weighted by atomic mass is 19.1. The number of methoxy groups -OCH3 is 1. The van der Waals surface area contributed by atoms with Gasteiger partial charge in [0.1, 0.15) is 11.9 Å². The van der Waals surface area contributed by atoms with Crippen LogP contribution in [0, 0.1) is 12.9 Å². The van der Waals surface area contributed by atoms with E-state index in [9.17, 15) is 4.39 Å². The van der Waals surface area contributed by atoms with Crippen LogP contribution in [0.3, 0.4) is 0 Å². The Morgan fingerprint density at radius 3 is 2.36 bits per heavy atom. The van der Waals surface area contributed by atoms with Crippen molar-refractivity contribution in [3.63, 3.8) is 0 Å². The number of hydrogen-bond donors (Lipinski definition) is 0. The zero-order valence-corrected chi connectivity index (χ0v) is 19.5. The minimum absolute atomic E-state index is 0.0507. The zero-order valence-electron chi connectivity index (χ0n) is 19.5. The van der Waals surface area contributed by atoms with Crippen LogP contribution in [-0.4, -0.2) is 59.2 Å². The van der Waals surface area contributed by atoms with Gasteiger partial charge in [-0.15, -0.1) is 4.98 Å². The molecule has 1 aromatic carbocycles. The SMILES string of the molecule is [CH2-]N(c1nc(Oc2ccc(OC)c(F)c2)nc(OC2CCCCCC2)n1)C1CCN(C)CC1. The van der Waals surface area contributed by atoms with Crippen molar-refractivity contribution in [1.29, 1.82) is 0 Å². The fourth-order valence-electron chi connectivity index (χ4n) is 4.35. The number of hydrogen-bond acceptors (Lipinski definition) is 8. The van der Waals surface area contributed by atoms with Crippen LogP contribution in [0.2, 0.25) is 0 Å². The highest BCUT2D eigenvalue weighted by Crippen LogP contribution is 2.29. The van der Waals surface area contributed by atoms with Crippen LogP contribution in [0.5, 0.6) is 23.5 Å². The maximum Gasteiger partial charge on any atom is 0.329 e. The van der Waals surface area contributed by atoms with Gasteiger partial charge in [-0.3, -0.25) is 7.05 Å². The number of nitrogens with zero attached hydrogens (tertiary/aromatic N) is 5. The molecule has 0 atom stereocenters. The lowest BCUT2D eigenvalue weighted by Crippen LogP contribution is -2.41. The molecular formula is C24H33FN5O3-. The van der Waals surface area contributed by atoms with Gasteiger partial charge in [0.2, 0.25) is 5.95 Å². The summed E-state index contributed by atoms with van der Waals surface area (Å²) in [6, 6.07) is 4.83. The van der Waals surface area contributed by atoms with Crippen molar-refractivity contribution in [2.24, 2.45) is 0 Å². The molecule has 0 spiro atoms. The molecule has 0 amide bonds. The third-order valence-electron chi connectivity index (χ3n) is 6.37. The van der Waals surface area contributed by atoms with Crippen molar-refractivity contribution in [3.05, 3.63) is 31.1 Å². The molecule has 4 rings (SSSR count). The second-order valence-corrected chi connectivity index (χ2v) is 8.83. The summed E-state index contributed by atoms with van der Waals surface area (Å²) in [6.07, 6.45) is 8.66. The van der Waals surface area contributed by atoms with Crippen LogP contribution >= 0.6 is 0 Å². The van der Waals surface area contributed by atoms with Crippen molar-refractivity contribution >= 4 is 5.95 Å². The molecule has 9 heteroatoms. The molecule has 0 N–H and O–H groups in total. The van der Waals surface area contributed by atoms with Gasteiger partial charge in [-0.05, 0) is 70.8 Å². The van der Waals surface area contributed by atoms with E-state index < -0.39 is 5.82 Å². The Hall–Kier alpha value is -2.68. The maximum atomic E-state index is 14.2. The molecule has 0 unspecified atom stereocenters. The number of anilines is 1. The molecule has 2 aromatic rings. The van der Waals surface area contributed by atoms with E-state index in [0.29, 0.717) is 5.95 Å². The van der Waals surface area contributed by atoms with E-state index in [1.54, 1.807) is 6.07 Å². The minimum atomic E-state index is -0.524. The molecule has 2 aliphatic rings. The van der Waals surface area contributed by atoms with Crippen LogP contribution in [0.4, 0.5) is 10.3 Å². The molecule has 2 fully saturated rings. The molecule has 0 radical (unpaired) electrons. The molecule has 1 aromatic heterocycles. The van der Waals surface area contributed by atoms with E-state index >= 15 is 0 Å². The predicted octanol–water partition coefficient (Wildman–Crippen LogP) is 4.61. The van der Waals surface area contributed by atoms with Gasteiger partial charge in [0.05, 0.1) is 7.11 Å². The van der Waals surface area contributed by atoms with Gasteiger partial charge in [0, 0.05) is 12.1 Å². The normalized spacial score (nSPS) is 18.5. The van der Waals surface area contributed by atoms with Crippen LogP contribution in [0.25, 0.3) is 0 Å². The number of piperidine rings is 1. The smallest absolute Gasteiger partial charge is 0.329 e. The third-order valence-corrected chi connectivity index (χ3v) is 6.37. The van der Waals surface area contributed by atoms with Crippen molar-refractivity contribution < 1.29 is 18.6 Å². The van der Waals surface area contributed by atoms with E-state index in [2.05, 4.69) is 33.9 Å². The summed E-state index contributed by atoms with van der Waals surface area (Å²) in [7, 11) is 7.75. The number of halogens is 1. The molecule has 1 saturated heterocycles. The number of benzene rings is 1. The van der Waals surface area contributed by atoms with E-state index in [-0.39, 0.29) is 35.7 Å².